The van der Waals surface area contributed by atoms with E-state index >= 15 is 0 Å². The second-order valence-corrected chi connectivity index (χ2v) is 5.05. The Labute approximate surface area is 103 Å². The largest absolute Gasteiger partial charge is 0.296 e. The molecule has 0 bridgehead atoms. The minimum absolute atomic E-state index is 0.135. The number of aromatic nitrogens is 2. The Hall–Kier alpha value is -1.75. The molecule has 1 heterocycles. The number of carbonyl (C=O) groups excluding carboxylic acids is 1. The summed E-state index contributed by atoms with van der Waals surface area (Å²) in [7, 11) is 0. The molecule has 0 spiro atoms. The van der Waals surface area contributed by atoms with E-state index in [1.807, 2.05) is 18.2 Å². The fraction of sp³-hybridized carbons (Fsp3) is 0.250. The van der Waals surface area contributed by atoms with Gasteiger partial charge in [-0.2, -0.15) is 0 Å². The third kappa shape index (κ3) is 2.34. The van der Waals surface area contributed by atoms with Crippen molar-refractivity contribution in [1.29, 1.82) is 0 Å². The normalized spacial score (nSPS) is 14.6. The number of nitrogens with one attached hydrogen (secondary N) is 1. The molecule has 1 aromatic carbocycles. The smallest absolute Gasteiger partial charge is 0.257 e. The lowest BCUT2D eigenvalue weighted by Crippen LogP contribution is -2.11. The first-order valence-electron chi connectivity index (χ1n) is 5.53. The molecule has 1 fully saturated rings. The SMILES string of the molecule is O=C(Nc1nnc(C2CC2)s1)c1ccccc1. The zero-order valence-electron chi connectivity index (χ0n) is 9.09. The Balaban J connectivity index is 1.71. The Bertz CT molecular complexity index is 534. The van der Waals surface area contributed by atoms with Crippen molar-refractivity contribution in [3.63, 3.8) is 0 Å². The van der Waals surface area contributed by atoms with Gasteiger partial charge in [-0.3, -0.25) is 10.1 Å². The number of hydrogen-bond acceptors (Lipinski definition) is 4. The quantitative estimate of drug-likeness (QED) is 0.904. The van der Waals surface area contributed by atoms with E-state index in [0.29, 0.717) is 16.6 Å². The molecule has 2 aromatic rings. The highest BCUT2D eigenvalue weighted by Crippen LogP contribution is 2.42. The fourth-order valence-electron chi connectivity index (χ4n) is 1.54. The third-order valence-corrected chi connectivity index (χ3v) is 3.62. The molecular weight excluding hydrogens is 234 g/mol. The average Bonchev–Trinajstić information content (AvgIpc) is 3.12. The zero-order valence-corrected chi connectivity index (χ0v) is 9.91. The molecule has 0 saturated heterocycles. The van der Waals surface area contributed by atoms with Crippen LogP contribution in [-0.2, 0) is 0 Å². The van der Waals surface area contributed by atoms with E-state index in [1.54, 1.807) is 12.1 Å². The Kier molecular flexibility index (Phi) is 2.60. The van der Waals surface area contributed by atoms with Crippen LogP contribution in [0.3, 0.4) is 0 Å². The number of benzene rings is 1. The molecule has 0 radical (unpaired) electrons. The topological polar surface area (TPSA) is 54.9 Å². The van der Waals surface area contributed by atoms with Crippen molar-refractivity contribution in [2.75, 3.05) is 5.32 Å². The summed E-state index contributed by atoms with van der Waals surface area (Å²) < 4.78 is 0. The summed E-state index contributed by atoms with van der Waals surface area (Å²) in [5, 5.41) is 12.4. The maximum atomic E-state index is 11.8. The molecule has 86 valence electrons. The highest BCUT2D eigenvalue weighted by Gasteiger charge is 2.27. The number of anilines is 1. The van der Waals surface area contributed by atoms with E-state index in [4.69, 9.17) is 0 Å². The summed E-state index contributed by atoms with van der Waals surface area (Å²) in [5.41, 5.74) is 0.635. The van der Waals surface area contributed by atoms with Gasteiger partial charge in [0.1, 0.15) is 5.01 Å². The Morgan fingerprint density at radius 3 is 2.71 bits per heavy atom. The number of amides is 1. The van der Waals surface area contributed by atoms with Crippen molar-refractivity contribution in [3.8, 4) is 0 Å². The molecule has 0 aliphatic heterocycles. The molecule has 0 atom stereocenters. The summed E-state index contributed by atoms with van der Waals surface area (Å²) in [4.78, 5) is 11.8. The first-order valence-corrected chi connectivity index (χ1v) is 6.34. The summed E-state index contributed by atoms with van der Waals surface area (Å²) in [6, 6.07) is 9.11. The van der Waals surface area contributed by atoms with E-state index in [0.717, 1.165) is 5.01 Å². The van der Waals surface area contributed by atoms with Crippen molar-refractivity contribution in [2.45, 2.75) is 18.8 Å². The van der Waals surface area contributed by atoms with Gasteiger partial charge in [0.2, 0.25) is 5.13 Å². The van der Waals surface area contributed by atoms with Gasteiger partial charge >= 0.3 is 0 Å². The van der Waals surface area contributed by atoms with Crippen LogP contribution in [0, 0.1) is 0 Å². The maximum Gasteiger partial charge on any atom is 0.257 e. The molecule has 0 unspecified atom stereocenters. The summed E-state index contributed by atoms with van der Waals surface area (Å²) in [6.45, 7) is 0. The van der Waals surface area contributed by atoms with Crippen LogP contribution in [0.2, 0.25) is 0 Å². The molecule has 5 heteroatoms. The molecule has 3 rings (SSSR count). The lowest BCUT2D eigenvalue weighted by molar-refractivity contribution is 0.102. The molecular formula is C12H11N3OS. The van der Waals surface area contributed by atoms with Gasteiger partial charge in [-0.15, -0.1) is 10.2 Å². The molecule has 1 aliphatic rings. The van der Waals surface area contributed by atoms with Gasteiger partial charge in [0.25, 0.3) is 5.91 Å². The first-order chi connectivity index (χ1) is 8.33. The van der Waals surface area contributed by atoms with Crippen LogP contribution in [0.15, 0.2) is 30.3 Å². The Morgan fingerprint density at radius 2 is 2.00 bits per heavy atom. The standard InChI is InChI=1S/C12H11N3OS/c16-10(8-4-2-1-3-5-8)13-12-15-14-11(17-12)9-6-7-9/h1-5,9H,6-7H2,(H,13,15,16). The number of hydrogen-bond donors (Lipinski definition) is 1. The number of rotatable bonds is 3. The second kappa shape index (κ2) is 4.25. The zero-order chi connectivity index (χ0) is 11.7. The van der Waals surface area contributed by atoms with Gasteiger partial charge < -0.3 is 0 Å². The van der Waals surface area contributed by atoms with Crippen molar-refractivity contribution >= 4 is 22.4 Å². The fourth-order valence-corrected chi connectivity index (χ4v) is 2.45. The van der Waals surface area contributed by atoms with Gasteiger partial charge in [0.05, 0.1) is 0 Å². The van der Waals surface area contributed by atoms with Gasteiger partial charge in [-0.1, -0.05) is 29.5 Å². The molecule has 1 aromatic heterocycles. The van der Waals surface area contributed by atoms with Crippen LogP contribution < -0.4 is 5.32 Å². The van der Waals surface area contributed by atoms with E-state index in [2.05, 4.69) is 15.5 Å². The Morgan fingerprint density at radius 1 is 1.24 bits per heavy atom. The summed E-state index contributed by atoms with van der Waals surface area (Å²) in [5.74, 6) is 0.443. The number of nitrogens with zero attached hydrogens (tertiary/aromatic N) is 2. The third-order valence-electron chi connectivity index (χ3n) is 2.62. The highest BCUT2D eigenvalue weighted by atomic mass is 32.1. The van der Waals surface area contributed by atoms with Crippen LogP contribution in [0.1, 0.15) is 34.1 Å². The number of carbonyl (C=O) groups is 1. The molecule has 1 aliphatic carbocycles. The summed E-state index contributed by atoms with van der Waals surface area (Å²) >= 11 is 1.47. The van der Waals surface area contributed by atoms with Crippen LogP contribution >= 0.6 is 11.3 Å². The van der Waals surface area contributed by atoms with Gasteiger partial charge in [-0.25, -0.2) is 0 Å². The van der Waals surface area contributed by atoms with Gasteiger partial charge in [-0.05, 0) is 25.0 Å². The van der Waals surface area contributed by atoms with Crippen molar-refractivity contribution in [1.82, 2.24) is 10.2 Å². The molecule has 1 saturated carbocycles. The van der Waals surface area contributed by atoms with Gasteiger partial charge in [0.15, 0.2) is 0 Å². The van der Waals surface area contributed by atoms with E-state index in [9.17, 15) is 4.79 Å². The molecule has 1 N–H and O–H groups in total. The molecule has 4 nitrogen and oxygen atoms in total. The van der Waals surface area contributed by atoms with Crippen molar-refractivity contribution in [3.05, 3.63) is 40.9 Å². The van der Waals surface area contributed by atoms with Crippen LogP contribution in [0.5, 0.6) is 0 Å². The van der Waals surface area contributed by atoms with E-state index < -0.39 is 0 Å². The monoisotopic (exact) mass is 245 g/mol. The van der Waals surface area contributed by atoms with Gasteiger partial charge in [0, 0.05) is 11.5 Å². The van der Waals surface area contributed by atoms with Crippen molar-refractivity contribution < 1.29 is 4.79 Å². The molecule has 1 amide bonds. The second-order valence-electron chi connectivity index (χ2n) is 4.04. The minimum Gasteiger partial charge on any atom is -0.296 e. The lowest BCUT2D eigenvalue weighted by atomic mass is 10.2. The highest BCUT2D eigenvalue weighted by molar-refractivity contribution is 7.15. The van der Waals surface area contributed by atoms with Crippen molar-refractivity contribution in [2.24, 2.45) is 0 Å². The maximum absolute atomic E-state index is 11.8. The first kappa shape index (κ1) is 10.4. The molecule has 17 heavy (non-hydrogen) atoms. The predicted molar refractivity (Wildman–Crippen MR) is 66.3 cm³/mol. The van der Waals surface area contributed by atoms with E-state index in [1.165, 1.54) is 24.2 Å². The van der Waals surface area contributed by atoms with Crippen LogP contribution in [0.25, 0.3) is 0 Å². The van der Waals surface area contributed by atoms with E-state index in [-0.39, 0.29) is 5.91 Å². The lowest BCUT2D eigenvalue weighted by Gasteiger charge is -1.99. The minimum atomic E-state index is -0.135. The van der Waals surface area contributed by atoms with Crippen LogP contribution in [-0.4, -0.2) is 16.1 Å². The predicted octanol–water partition coefficient (Wildman–Crippen LogP) is 2.67. The van der Waals surface area contributed by atoms with Crippen LogP contribution in [0.4, 0.5) is 5.13 Å². The average molecular weight is 245 g/mol. The summed E-state index contributed by atoms with van der Waals surface area (Å²) in [6.07, 6.45) is 2.39.